The van der Waals surface area contributed by atoms with Crippen LogP contribution in [0.25, 0.3) is 27.7 Å². The summed E-state index contributed by atoms with van der Waals surface area (Å²) in [4.78, 5) is 13.2. The van der Waals surface area contributed by atoms with Crippen molar-refractivity contribution in [2.45, 2.75) is 13.0 Å². The normalized spacial score (nSPS) is 12.3. The SMILES string of the molecule is CC(O)c1cccc(Cl)c1-n1nc(-c2ccccc2)c2ccccc2c1=O. The van der Waals surface area contributed by atoms with Gasteiger partial charge in [-0.3, -0.25) is 4.79 Å². The van der Waals surface area contributed by atoms with Gasteiger partial charge in [0.25, 0.3) is 5.56 Å². The van der Waals surface area contributed by atoms with Gasteiger partial charge in [0.1, 0.15) is 0 Å². The highest BCUT2D eigenvalue weighted by atomic mass is 35.5. The van der Waals surface area contributed by atoms with Gasteiger partial charge in [-0.25, -0.2) is 0 Å². The summed E-state index contributed by atoms with van der Waals surface area (Å²) in [6, 6.07) is 22.3. The van der Waals surface area contributed by atoms with Crippen molar-refractivity contribution in [1.82, 2.24) is 9.78 Å². The molecule has 1 aromatic heterocycles. The van der Waals surface area contributed by atoms with Gasteiger partial charge < -0.3 is 5.11 Å². The first-order valence-corrected chi connectivity index (χ1v) is 9.00. The summed E-state index contributed by atoms with van der Waals surface area (Å²) in [6.45, 7) is 1.64. The van der Waals surface area contributed by atoms with Crippen molar-refractivity contribution in [3.8, 4) is 16.9 Å². The molecule has 1 atom stereocenters. The van der Waals surface area contributed by atoms with E-state index in [1.807, 2.05) is 48.5 Å². The molecular formula is C22H17ClN2O2. The van der Waals surface area contributed by atoms with Crippen LogP contribution < -0.4 is 5.56 Å². The number of aliphatic hydroxyl groups is 1. The van der Waals surface area contributed by atoms with E-state index in [9.17, 15) is 9.90 Å². The quantitative estimate of drug-likeness (QED) is 0.561. The Morgan fingerprint density at radius 3 is 2.30 bits per heavy atom. The summed E-state index contributed by atoms with van der Waals surface area (Å²) in [5.41, 5.74) is 2.25. The monoisotopic (exact) mass is 376 g/mol. The topological polar surface area (TPSA) is 55.1 Å². The molecule has 0 bridgehead atoms. The van der Waals surface area contributed by atoms with Crippen LogP contribution in [0.5, 0.6) is 0 Å². The molecule has 3 aromatic carbocycles. The third-order valence-corrected chi connectivity index (χ3v) is 4.84. The van der Waals surface area contributed by atoms with Crippen LogP contribution in [0.1, 0.15) is 18.6 Å². The van der Waals surface area contributed by atoms with Crippen LogP contribution in [0.3, 0.4) is 0 Å². The van der Waals surface area contributed by atoms with Crippen LogP contribution >= 0.6 is 11.6 Å². The second kappa shape index (κ2) is 6.99. The highest BCUT2D eigenvalue weighted by Crippen LogP contribution is 2.30. The van der Waals surface area contributed by atoms with Crippen LogP contribution in [-0.4, -0.2) is 14.9 Å². The van der Waals surface area contributed by atoms with Crippen molar-refractivity contribution in [3.05, 3.63) is 93.7 Å². The summed E-state index contributed by atoms with van der Waals surface area (Å²) in [6.07, 6.45) is -0.793. The summed E-state index contributed by atoms with van der Waals surface area (Å²) in [7, 11) is 0. The number of halogens is 1. The number of nitrogens with zero attached hydrogens (tertiary/aromatic N) is 2. The van der Waals surface area contributed by atoms with Gasteiger partial charge in [0.05, 0.1) is 27.9 Å². The maximum absolute atomic E-state index is 13.2. The summed E-state index contributed by atoms with van der Waals surface area (Å²) < 4.78 is 1.30. The van der Waals surface area contributed by atoms with E-state index in [0.29, 0.717) is 27.4 Å². The molecule has 4 aromatic rings. The van der Waals surface area contributed by atoms with Crippen molar-refractivity contribution in [1.29, 1.82) is 0 Å². The Labute approximate surface area is 161 Å². The molecule has 0 saturated heterocycles. The molecule has 1 unspecified atom stereocenters. The minimum atomic E-state index is -0.793. The molecule has 27 heavy (non-hydrogen) atoms. The average molecular weight is 377 g/mol. The molecule has 4 rings (SSSR count). The Morgan fingerprint density at radius 2 is 1.59 bits per heavy atom. The highest BCUT2D eigenvalue weighted by Gasteiger charge is 2.19. The minimum absolute atomic E-state index is 0.278. The summed E-state index contributed by atoms with van der Waals surface area (Å²) >= 11 is 6.42. The smallest absolute Gasteiger partial charge is 0.279 e. The molecule has 0 spiro atoms. The molecule has 1 heterocycles. The van der Waals surface area contributed by atoms with Gasteiger partial charge in [-0.15, -0.1) is 0 Å². The van der Waals surface area contributed by atoms with Crippen LogP contribution in [0.15, 0.2) is 77.6 Å². The van der Waals surface area contributed by atoms with Crippen molar-refractivity contribution in [2.24, 2.45) is 0 Å². The Balaban J connectivity index is 2.13. The number of para-hydroxylation sites is 1. The molecule has 1 N–H and O–H groups in total. The fourth-order valence-electron chi connectivity index (χ4n) is 3.24. The van der Waals surface area contributed by atoms with Crippen LogP contribution in [0, 0.1) is 0 Å². The molecule has 0 fully saturated rings. The standard InChI is InChI=1S/C22H17ClN2O2/c1-14(26)16-12-7-13-19(23)21(16)25-22(27)18-11-6-5-10-17(18)20(24-25)15-8-3-2-4-9-15/h2-14,26H,1H3. The lowest BCUT2D eigenvalue weighted by molar-refractivity contribution is 0.199. The lowest BCUT2D eigenvalue weighted by atomic mass is 10.0. The first kappa shape index (κ1) is 17.5. The molecule has 0 aliphatic rings. The number of benzene rings is 3. The maximum atomic E-state index is 13.2. The van der Waals surface area contributed by atoms with E-state index in [1.54, 1.807) is 31.2 Å². The zero-order chi connectivity index (χ0) is 19.0. The van der Waals surface area contributed by atoms with Crippen molar-refractivity contribution >= 4 is 22.4 Å². The first-order valence-electron chi connectivity index (χ1n) is 8.62. The highest BCUT2D eigenvalue weighted by molar-refractivity contribution is 6.32. The van der Waals surface area contributed by atoms with Gasteiger partial charge in [0, 0.05) is 16.5 Å². The lowest BCUT2D eigenvalue weighted by Gasteiger charge is -2.17. The molecule has 0 aliphatic carbocycles. The Bertz CT molecular complexity index is 1180. The molecule has 134 valence electrons. The van der Waals surface area contributed by atoms with E-state index in [1.165, 1.54) is 4.68 Å². The molecule has 0 aliphatic heterocycles. The van der Waals surface area contributed by atoms with Gasteiger partial charge in [-0.05, 0) is 19.1 Å². The van der Waals surface area contributed by atoms with Crippen LogP contribution in [0.4, 0.5) is 0 Å². The van der Waals surface area contributed by atoms with Gasteiger partial charge in [0.2, 0.25) is 0 Å². The van der Waals surface area contributed by atoms with Gasteiger partial charge in [-0.1, -0.05) is 72.3 Å². The Morgan fingerprint density at radius 1 is 0.926 bits per heavy atom. The number of rotatable bonds is 3. The average Bonchev–Trinajstić information content (AvgIpc) is 2.69. The number of fused-ring (bicyclic) bond motifs is 1. The van der Waals surface area contributed by atoms with Crippen molar-refractivity contribution in [2.75, 3.05) is 0 Å². The number of aromatic nitrogens is 2. The molecule has 0 saturated carbocycles. The second-order valence-electron chi connectivity index (χ2n) is 6.33. The Kier molecular flexibility index (Phi) is 4.52. The third-order valence-electron chi connectivity index (χ3n) is 4.53. The molecule has 0 radical (unpaired) electrons. The van der Waals surface area contributed by atoms with E-state index in [-0.39, 0.29) is 5.56 Å². The second-order valence-corrected chi connectivity index (χ2v) is 6.74. The maximum Gasteiger partial charge on any atom is 0.279 e. The van der Waals surface area contributed by atoms with E-state index in [0.717, 1.165) is 10.9 Å². The Hall–Kier alpha value is -2.95. The number of hydrogen-bond donors (Lipinski definition) is 1. The number of aliphatic hydroxyl groups excluding tert-OH is 1. The third kappa shape index (κ3) is 3.03. The first-order chi connectivity index (χ1) is 13.1. The van der Waals surface area contributed by atoms with Crippen molar-refractivity contribution < 1.29 is 5.11 Å². The molecular weight excluding hydrogens is 360 g/mol. The molecule has 0 amide bonds. The predicted molar refractivity (Wildman–Crippen MR) is 108 cm³/mol. The molecule has 5 heteroatoms. The van der Waals surface area contributed by atoms with Crippen LogP contribution in [-0.2, 0) is 0 Å². The van der Waals surface area contributed by atoms with E-state index in [2.05, 4.69) is 5.10 Å². The largest absolute Gasteiger partial charge is 0.389 e. The zero-order valence-corrected chi connectivity index (χ0v) is 15.4. The fourth-order valence-corrected chi connectivity index (χ4v) is 3.50. The van der Waals surface area contributed by atoms with Gasteiger partial charge >= 0.3 is 0 Å². The number of hydrogen-bond acceptors (Lipinski definition) is 3. The van der Waals surface area contributed by atoms with E-state index < -0.39 is 6.10 Å². The molecule has 4 nitrogen and oxygen atoms in total. The fraction of sp³-hybridized carbons (Fsp3) is 0.0909. The van der Waals surface area contributed by atoms with Gasteiger partial charge in [-0.2, -0.15) is 9.78 Å². The van der Waals surface area contributed by atoms with Gasteiger partial charge in [0.15, 0.2) is 0 Å². The lowest BCUT2D eigenvalue weighted by Crippen LogP contribution is -2.24. The minimum Gasteiger partial charge on any atom is -0.389 e. The predicted octanol–water partition coefficient (Wildman–Crippen LogP) is 4.76. The van der Waals surface area contributed by atoms with E-state index in [4.69, 9.17) is 11.6 Å². The zero-order valence-electron chi connectivity index (χ0n) is 14.6. The summed E-state index contributed by atoms with van der Waals surface area (Å²) in [5, 5.41) is 16.5. The van der Waals surface area contributed by atoms with Crippen LogP contribution in [0.2, 0.25) is 5.02 Å². The van der Waals surface area contributed by atoms with E-state index >= 15 is 0 Å². The summed E-state index contributed by atoms with van der Waals surface area (Å²) in [5.74, 6) is 0. The van der Waals surface area contributed by atoms with Crippen molar-refractivity contribution in [3.63, 3.8) is 0 Å².